The lowest BCUT2D eigenvalue weighted by Crippen LogP contribution is -2.60. The number of carboxylic acids is 1. The third kappa shape index (κ3) is 6.36. The third-order valence-corrected chi connectivity index (χ3v) is 7.40. The molecule has 0 radical (unpaired) electrons. The third-order valence-electron chi connectivity index (χ3n) is 6.62. The number of aromatic nitrogens is 1. The van der Waals surface area contributed by atoms with Gasteiger partial charge in [0.15, 0.2) is 0 Å². The normalized spacial score (nSPS) is 15.5. The van der Waals surface area contributed by atoms with Crippen molar-refractivity contribution in [1.82, 2.24) is 14.0 Å². The van der Waals surface area contributed by atoms with Gasteiger partial charge in [0.1, 0.15) is 12.6 Å². The fraction of sp³-hybridized carbons (Fsp3) is 0.321. The second-order valence-electron chi connectivity index (χ2n) is 9.51. The second-order valence-corrected chi connectivity index (χ2v) is 10.3. The monoisotopic (exact) mass is 547 g/mol. The van der Waals surface area contributed by atoms with Crippen LogP contribution in [0.1, 0.15) is 25.0 Å². The Morgan fingerprint density at radius 1 is 1.05 bits per heavy atom. The summed E-state index contributed by atoms with van der Waals surface area (Å²) in [7, 11) is 0. The van der Waals surface area contributed by atoms with E-state index in [1.165, 1.54) is 4.57 Å². The molecule has 0 aliphatic carbocycles. The summed E-state index contributed by atoms with van der Waals surface area (Å²) in [6.07, 6.45) is 1.61. The molecule has 3 aromatic rings. The lowest BCUT2D eigenvalue weighted by Gasteiger charge is -2.42. The van der Waals surface area contributed by atoms with Gasteiger partial charge >= 0.3 is 5.97 Å². The Labute approximate surface area is 229 Å². The summed E-state index contributed by atoms with van der Waals surface area (Å²) in [6, 6.07) is 15.9. The first-order valence-corrected chi connectivity index (χ1v) is 13.5. The molecule has 39 heavy (non-hydrogen) atoms. The van der Waals surface area contributed by atoms with Gasteiger partial charge in [0.05, 0.1) is 6.07 Å². The van der Waals surface area contributed by atoms with Crippen LogP contribution in [0.4, 0.5) is 5.69 Å². The number of hydrazine groups is 1. The van der Waals surface area contributed by atoms with Crippen LogP contribution in [0.3, 0.4) is 0 Å². The van der Waals surface area contributed by atoms with Crippen LogP contribution in [0.2, 0.25) is 0 Å². The number of rotatable bonds is 7. The van der Waals surface area contributed by atoms with Gasteiger partial charge in [0.25, 0.3) is 5.56 Å². The van der Waals surface area contributed by atoms with Gasteiger partial charge in [-0.1, -0.05) is 31.8 Å². The van der Waals surface area contributed by atoms with Crippen LogP contribution >= 0.6 is 0 Å². The highest BCUT2D eigenvalue weighted by Crippen LogP contribution is 2.22. The smallest absolute Gasteiger partial charge is 0.323 e. The van der Waals surface area contributed by atoms with Crippen molar-refractivity contribution in [3.05, 3.63) is 76.2 Å². The average molecular weight is 548 g/mol. The molecule has 0 amide bonds. The number of fused-ring (bicyclic) bond motifs is 1. The second kappa shape index (κ2) is 12.2. The van der Waals surface area contributed by atoms with Crippen LogP contribution < -0.4 is 10.5 Å². The molecule has 2 atom stereocenters. The minimum absolute atomic E-state index is 0.00786. The number of hydrogen-bond acceptors (Lipinski definition) is 6. The topological polar surface area (TPSA) is 130 Å². The Morgan fingerprint density at radius 3 is 2.28 bits per heavy atom. The Bertz CT molecular complexity index is 1540. The standard InChI is InChI=1S/C28H29N5O5S/c1-20(2)26(28(35)36)33(39(37)38)32-17-15-30(16-18-32)24-9-6-21(7-10-24)3-4-22-5-8-23-11-13-31(14-12-29)27(34)25(23)19-22/h5-11,13,19-20,26H,14-18H2,1-2H3,(H,35,36)(H,37,38). The summed E-state index contributed by atoms with van der Waals surface area (Å²) in [5.41, 5.74) is 2.24. The van der Waals surface area contributed by atoms with Crippen molar-refractivity contribution in [2.45, 2.75) is 26.4 Å². The van der Waals surface area contributed by atoms with E-state index in [0.29, 0.717) is 37.1 Å². The predicted molar refractivity (Wildman–Crippen MR) is 149 cm³/mol. The summed E-state index contributed by atoms with van der Waals surface area (Å²) >= 11 is -2.45. The number of nitrogens with zero attached hydrogens (tertiary/aromatic N) is 5. The number of benzene rings is 2. The van der Waals surface area contributed by atoms with Crippen LogP contribution in [0.25, 0.3) is 10.8 Å². The molecule has 202 valence electrons. The molecule has 2 N–H and O–H groups in total. The molecule has 10 nitrogen and oxygen atoms in total. The van der Waals surface area contributed by atoms with Gasteiger partial charge in [-0.05, 0) is 53.8 Å². The summed E-state index contributed by atoms with van der Waals surface area (Å²) in [5, 5.41) is 21.5. The predicted octanol–water partition coefficient (Wildman–Crippen LogP) is 2.51. The first kappa shape index (κ1) is 28.0. The molecule has 1 aromatic heterocycles. The Hall–Kier alpha value is -4.00. The van der Waals surface area contributed by atoms with Crippen LogP contribution in [0.5, 0.6) is 0 Å². The number of carboxylic acid groups (broad SMARTS) is 1. The molecule has 1 fully saturated rings. The zero-order valence-electron chi connectivity index (χ0n) is 21.6. The highest BCUT2D eigenvalue weighted by atomic mass is 32.2. The molecule has 1 aliphatic heterocycles. The SMILES string of the molecule is CC(C)C(C(=O)O)N(N1CCN(c2ccc(C#Cc3ccc4ccn(CC#N)c(=O)c4c3)cc2)CC1)S(=O)O. The molecular formula is C28H29N5O5S. The fourth-order valence-electron chi connectivity index (χ4n) is 4.62. The summed E-state index contributed by atoms with van der Waals surface area (Å²) in [4.78, 5) is 26.5. The van der Waals surface area contributed by atoms with E-state index in [9.17, 15) is 23.5 Å². The molecule has 0 spiro atoms. The lowest BCUT2D eigenvalue weighted by molar-refractivity contribution is -0.148. The van der Waals surface area contributed by atoms with Crippen LogP contribution in [0, 0.1) is 29.1 Å². The number of pyridine rings is 1. The minimum atomic E-state index is -2.45. The van der Waals surface area contributed by atoms with Crippen molar-refractivity contribution in [3.8, 4) is 17.9 Å². The number of nitriles is 1. The summed E-state index contributed by atoms with van der Waals surface area (Å²) in [5.74, 6) is 4.74. The van der Waals surface area contributed by atoms with E-state index < -0.39 is 23.3 Å². The van der Waals surface area contributed by atoms with Gasteiger partial charge in [0, 0.05) is 54.6 Å². The van der Waals surface area contributed by atoms with Crippen LogP contribution in [-0.2, 0) is 22.6 Å². The van der Waals surface area contributed by atoms with Gasteiger partial charge in [-0.2, -0.15) is 5.26 Å². The highest BCUT2D eigenvalue weighted by Gasteiger charge is 2.38. The first-order valence-electron chi connectivity index (χ1n) is 12.4. The van der Waals surface area contributed by atoms with Crippen molar-refractivity contribution in [2.24, 2.45) is 5.92 Å². The maximum Gasteiger partial charge on any atom is 0.323 e. The van der Waals surface area contributed by atoms with Crippen molar-refractivity contribution in [1.29, 1.82) is 5.26 Å². The quantitative estimate of drug-likeness (QED) is 0.341. The number of aliphatic carboxylic acids is 1. The summed E-state index contributed by atoms with van der Waals surface area (Å²) < 4.78 is 24.3. The van der Waals surface area contributed by atoms with Gasteiger partial charge in [0.2, 0.25) is 11.3 Å². The number of anilines is 1. The molecule has 1 aliphatic rings. The molecule has 2 unspecified atom stereocenters. The van der Waals surface area contributed by atoms with E-state index in [2.05, 4.69) is 16.7 Å². The Kier molecular flexibility index (Phi) is 8.79. The van der Waals surface area contributed by atoms with E-state index in [0.717, 1.165) is 21.1 Å². The maximum absolute atomic E-state index is 12.6. The zero-order chi connectivity index (χ0) is 28.1. The molecule has 0 bridgehead atoms. The van der Waals surface area contributed by atoms with Gasteiger partial charge in [-0.3, -0.25) is 14.1 Å². The maximum atomic E-state index is 12.6. The number of hydrogen-bond donors (Lipinski definition) is 2. The Balaban J connectivity index is 1.44. The molecular weight excluding hydrogens is 518 g/mol. The van der Waals surface area contributed by atoms with Crippen LogP contribution in [0.15, 0.2) is 59.5 Å². The molecule has 11 heteroatoms. The number of carbonyl (C=O) groups is 1. The Morgan fingerprint density at radius 2 is 1.69 bits per heavy atom. The van der Waals surface area contributed by atoms with E-state index in [1.807, 2.05) is 42.5 Å². The van der Waals surface area contributed by atoms with Crippen LogP contribution in [-0.4, -0.2) is 66.0 Å². The summed E-state index contributed by atoms with van der Waals surface area (Å²) in [6.45, 7) is 5.35. The molecule has 0 saturated carbocycles. The lowest BCUT2D eigenvalue weighted by atomic mass is 10.1. The van der Waals surface area contributed by atoms with E-state index in [1.54, 1.807) is 37.2 Å². The molecule has 2 heterocycles. The van der Waals surface area contributed by atoms with Crippen molar-refractivity contribution >= 4 is 33.7 Å². The minimum Gasteiger partial charge on any atom is -0.480 e. The molecule has 1 saturated heterocycles. The highest BCUT2D eigenvalue weighted by molar-refractivity contribution is 7.76. The van der Waals surface area contributed by atoms with Gasteiger partial charge < -0.3 is 14.6 Å². The zero-order valence-corrected chi connectivity index (χ0v) is 22.5. The first-order chi connectivity index (χ1) is 18.7. The van der Waals surface area contributed by atoms with Gasteiger partial charge in [-0.15, -0.1) is 4.41 Å². The molecule has 2 aromatic carbocycles. The van der Waals surface area contributed by atoms with Crippen molar-refractivity contribution in [3.63, 3.8) is 0 Å². The van der Waals surface area contributed by atoms with Crippen molar-refractivity contribution < 1.29 is 18.7 Å². The van der Waals surface area contributed by atoms with E-state index in [4.69, 9.17) is 5.26 Å². The number of piperazine rings is 1. The fourth-order valence-corrected chi connectivity index (χ4v) is 5.50. The largest absolute Gasteiger partial charge is 0.480 e. The van der Waals surface area contributed by atoms with Crippen molar-refractivity contribution in [2.75, 3.05) is 31.1 Å². The molecule has 4 rings (SSSR count). The van der Waals surface area contributed by atoms with E-state index in [-0.39, 0.29) is 18.0 Å². The average Bonchev–Trinajstić information content (AvgIpc) is 2.92. The van der Waals surface area contributed by atoms with E-state index >= 15 is 0 Å². The van der Waals surface area contributed by atoms with Gasteiger partial charge in [-0.25, -0.2) is 9.22 Å².